The Morgan fingerprint density at radius 3 is 2.71 bits per heavy atom. The second-order valence-electron chi connectivity index (χ2n) is 5.34. The lowest BCUT2D eigenvalue weighted by molar-refractivity contribution is 0.408. The van der Waals surface area contributed by atoms with Crippen LogP contribution in [0.2, 0.25) is 0 Å². The molecule has 2 rings (SSSR count). The zero-order valence-electron chi connectivity index (χ0n) is 9.35. The number of benzene rings is 1. The molecule has 1 radical (unpaired) electrons. The van der Waals surface area contributed by atoms with Crippen molar-refractivity contribution >= 4 is 11.8 Å². The zero-order chi connectivity index (χ0) is 10.4. The molecule has 1 heterocycles. The molecule has 0 fully saturated rings. The van der Waals surface area contributed by atoms with Crippen LogP contribution in [-0.2, 0) is 5.41 Å². The van der Waals surface area contributed by atoms with E-state index >= 15 is 0 Å². The van der Waals surface area contributed by atoms with E-state index in [-0.39, 0.29) is 0 Å². The van der Waals surface area contributed by atoms with Gasteiger partial charge >= 0.3 is 0 Å². The Hall–Kier alpha value is -0.430. The standard InChI is InChI=1S/C13H17S/c1-12(2)9-13(3,4)14-11-8-6-5-7-10(11)12/h6-8H,9H2,1-4H3. The van der Waals surface area contributed by atoms with Gasteiger partial charge in [0.15, 0.2) is 0 Å². The highest BCUT2D eigenvalue weighted by Gasteiger charge is 2.37. The van der Waals surface area contributed by atoms with E-state index in [0.717, 1.165) is 0 Å². The van der Waals surface area contributed by atoms with Gasteiger partial charge in [0.1, 0.15) is 0 Å². The molecule has 0 atom stereocenters. The number of rotatable bonds is 0. The number of hydrogen-bond donors (Lipinski definition) is 0. The minimum Gasteiger partial charge on any atom is -0.120 e. The number of fused-ring (bicyclic) bond motifs is 1. The van der Waals surface area contributed by atoms with E-state index < -0.39 is 0 Å². The van der Waals surface area contributed by atoms with Crippen LogP contribution in [0.15, 0.2) is 23.1 Å². The van der Waals surface area contributed by atoms with Crippen molar-refractivity contribution in [2.45, 2.75) is 49.2 Å². The van der Waals surface area contributed by atoms with Crippen LogP contribution >= 0.6 is 11.8 Å². The molecular weight excluding hydrogens is 188 g/mol. The van der Waals surface area contributed by atoms with E-state index in [2.05, 4.69) is 45.9 Å². The topological polar surface area (TPSA) is 0 Å². The summed E-state index contributed by atoms with van der Waals surface area (Å²) in [4.78, 5) is 1.44. The molecule has 1 aliphatic heterocycles. The van der Waals surface area contributed by atoms with Crippen molar-refractivity contribution in [3.63, 3.8) is 0 Å². The molecule has 1 aromatic rings. The fourth-order valence-electron chi connectivity index (χ4n) is 2.53. The fourth-order valence-corrected chi connectivity index (χ4v) is 4.14. The minimum absolute atomic E-state index is 0.293. The Morgan fingerprint density at radius 2 is 2.00 bits per heavy atom. The average Bonchev–Trinajstić information content (AvgIpc) is 2.00. The van der Waals surface area contributed by atoms with Gasteiger partial charge in [-0.25, -0.2) is 0 Å². The van der Waals surface area contributed by atoms with Crippen molar-refractivity contribution in [1.29, 1.82) is 0 Å². The van der Waals surface area contributed by atoms with E-state index in [9.17, 15) is 0 Å². The van der Waals surface area contributed by atoms with Crippen molar-refractivity contribution in [3.8, 4) is 0 Å². The van der Waals surface area contributed by atoms with Crippen LogP contribution in [0.5, 0.6) is 0 Å². The van der Waals surface area contributed by atoms with Gasteiger partial charge in [0.2, 0.25) is 0 Å². The highest BCUT2D eigenvalue weighted by Crippen LogP contribution is 2.50. The van der Waals surface area contributed by atoms with Crippen LogP contribution in [0.25, 0.3) is 0 Å². The van der Waals surface area contributed by atoms with E-state index in [4.69, 9.17) is 0 Å². The summed E-state index contributed by atoms with van der Waals surface area (Å²) in [5, 5.41) is 0. The monoisotopic (exact) mass is 205 g/mol. The molecule has 1 aromatic carbocycles. The Kier molecular flexibility index (Phi) is 2.19. The second kappa shape index (κ2) is 3.03. The van der Waals surface area contributed by atoms with Gasteiger partial charge in [0, 0.05) is 9.64 Å². The maximum Gasteiger partial charge on any atom is 0.0159 e. The molecular formula is C13H17S. The van der Waals surface area contributed by atoms with Gasteiger partial charge in [-0.3, -0.25) is 0 Å². The molecule has 0 nitrogen and oxygen atoms in total. The first-order valence-electron chi connectivity index (χ1n) is 5.10. The van der Waals surface area contributed by atoms with Crippen molar-refractivity contribution in [3.05, 3.63) is 29.8 Å². The van der Waals surface area contributed by atoms with Gasteiger partial charge in [0.25, 0.3) is 0 Å². The van der Waals surface area contributed by atoms with Gasteiger partial charge in [-0.1, -0.05) is 33.8 Å². The Bertz CT molecular complexity index is 350. The molecule has 1 heteroatoms. The average molecular weight is 205 g/mol. The highest BCUT2D eigenvalue weighted by molar-refractivity contribution is 8.00. The normalized spacial score (nSPS) is 22.9. The van der Waals surface area contributed by atoms with Gasteiger partial charge < -0.3 is 0 Å². The van der Waals surface area contributed by atoms with Gasteiger partial charge in [-0.2, -0.15) is 0 Å². The lowest BCUT2D eigenvalue weighted by Gasteiger charge is -2.41. The lowest BCUT2D eigenvalue weighted by Crippen LogP contribution is -2.33. The summed E-state index contributed by atoms with van der Waals surface area (Å²) in [6.45, 7) is 9.33. The largest absolute Gasteiger partial charge is 0.120 e. The third-order valence-electron chi connectivity index (χ3n) is 2.81. The predicted molar refractivity (Wildman–Crippen MR) is 62.9 cm³/mol. The second-order valence-corrected chi connectivity index (χ2v) is 7.09. The summed E-state index contributed by atoms with van der Waals surface area (Å²) < 4.78 is 0.359. The van der Waals surface area contributed by atoms with E-state index in [1.165, 1.54) is 16.9 Å². The van der Waals surface area contributed by atoms with E-state index in [1.807, 2.05) is 17.8 Å². The molecule has 75 valence electrons. The maximum atomic E-state index is 3.19. The molecule has 0 amide bonds. The summed E-state index contributed by atoms with van der Waals surface area (Å²) in [6, 6.07) is 9.55. The summed E-state index contributed by atoms with van der Waals surface area (Å²) >= 11 is 2.00. The summed E-state index contributed by atoms with van der Waals surface area (Å²) in [7, 11) is 0. The molecule has 1 aliphatic rings. The Morgan fingerprint density at radius 1 is 1.29 bits per heavy atom. The molecule has 0 N–H and O–H groups in total. The molecule has 0 spiro atoms. The van der Waals surface area contributed by atoms with Crippen molar-refractivity contribution < 1.29 is 0 Å². The van der Waals surface area contributed by atoms with Gasteiger partial charge in [-0.15, -0.1) is 11.8 Å². The number of hydrogen-bond acceptors (Lipinski definition) is 1. The van der Waals surface area contributed by atoms with Crippen LogP contribution in [0.3, 0.4) is 0 Å². The third-order valence-corrected chi connectivity index (χ3v) is 4.08. The van der Waals surface area contributed by atoms with Gasteiger partial charge in [-0.05, 0) is 35.6 Å². The Balaban J connectivity index is 2.52. The fraction of sp³-hybridized carbons (Fsp3) is 0.538. The molecule has 0 unspecified atom stereocenters. The van der Waals surface area contributed by atoms with Gasteiger partial charge in [0.05, 0.1) is 0 Å². The molecule has 0 aliphatic carbocycles. The smallest absolute Gasteiger partial charge is 0.0159 e. The van der Waals surface area contributed by atoms with Crippen LogP contribution in [0, 0.1) is 6.07 Å². The highest BCUT2D eigenvalue weighted by atomic mass is 32.2. The number of thioether (sulfide) groups is 1. The quantitative estimate of drug-likeness (QED) is 0.616. The molecule has 0 aromatic heterocycles. The van der Waals surface area contributed by atoms with Crippen molar-refractivity contribution in [2.75, 3.05) is 0 Å². The zero-order valence-corrected chi connectivity index (χ0v) is 10.2. The van der Waals surface area contributed by atoms with Crippen molar-refractivity contribution in [1.82, 2.24) is 0 Å². The molecule has 0 saturated carbocycles. The maximum absolute atomic E-state index is 3.19. The molecule has 0 saturated heterocycles. The van der Waals surface area contributed by atoms with E-state index in [1.54, 1.807) is 0 Å². The summed E-state index contributed by atoms with van der Waals surface area (Å²) in [5.74, 6) is 0. The van der Waals surface area contributed by atoms with E-state index in [0.29, 0.717) is 10.2 Å². The summed E-state index contributed by atoms with van der Waals surface area (Å²) in [5.41, 5.74) is 1.76. The predicted octanol–water partition coefficient (Wildman–Crippen LogP) is 4.04. The Labute approximate surface area is 91.1 Å². The first-order chi connectivity index (χ1) is 6.41. The molecule has 14 heavy (non-hydrogen) atoms. The third kappa shape index (κ3) is 1.70. The van der Waals surface area contributed by atoms with Crippen LogP contribution in [0.4, 0.5) is 0 Å². The van der Waals surface area contributed by atoms with Crippen molar-refractivity contribution in [2.24, 2.45) is 0 Å². The van der Waals surface area contributed by atoms with Crippen LogP contribution < -0.4 is 0 Å². The first-order valence-corrected chi connectivity index (χ1v) is 5.92. The van der Waals surface area contributed by atoms with Crippen LogP contribution in [-0.4, -0.2) is 4.75 Å². The van der Waals surface area contributed by atoms with Crippen LogP contribution in [0.1, 0.15) is 39.7 Å². The minimum atomic E-state index is 0.293. The summed E-state index contributed by atoms with van der Waals surface area (Å²) in [6.07, 6.45) is 1.23. The lowest BCUT2D eigenvalue weighted by atomic mass is 9.77. The SMILES string of the molecule is CC1(C)CC(C)(C)c2c[c]ccc2S1. The first kappa shape index (κ1) is 10.1. The molecule has 0 bridgehead atoms.